The van der Waals surface area contributed by atoms with Crippen molar-refractivity contribution in [2.75, 3.05) is 26.2 Å². The molecule has 2 amide bonds. The Balaban J connectivity index is 0.000000250. The highest BCUT2D eigenvalue weighted by Crippen LogP contribution is 2.25. The minimum absolute atomic E-state index is 0.173. The number of nitrogens with zero attached hydrogens (tertiary/aromatic N) is 4. The number of aromatic nitrogens is 2. The molecular formula is C38H56N4O4. The first kappa shape index (κ1) is 36.8. The quantitative estimate of drug-likeness (QED) is 0.289. The molecule has 4 rings (SSSR count). The van der Waals surface area contributed by atoms with Crippen molar-refractivity contribution >= 4 is 24.3 Å². The van der Waals surface area contributed by atoms with Crippen molar-refractivity contribution in [1.82, 2.24) is 19.8 Å². The normalized spacial score (nSPS) is 16.7. The van der Waals surface area contributed by atoms with Crippen LogP contribution in [-0.2, 0) is 9.47 Å². The van der Waals surface area contributed by atoms with E-state index in [-0.39, 0.29) is 12.2 Å². The Bertz CT molecular complexity index is 1120. The van der Waals surface area contributed by atoms with E-state index in [1.165, 1.54) is 24.0 Å². The van der Waals surface area contributed by atoms with Crippen molar-refractivity contribution in [3.8, 4) is 0 Å². The number of ether oxygens (including phenoxy) is 2. The Morgan fingerprint density at radius 2 is 0.978 bits per heavy atom. The number of pyridine rings is 2. The number of allylic oxidation sites excluding steroid dienone is 2. The SMILES string of the molecule is CC(C)(C)OC(=O)N1CCC(CC/C=C/c2ccncc2)CC1.CC(C)(C)OC(=O)N1CCC(CC/C=C\c2ccncc2)CC1. The van der Waals surface area contributed by atoms with E-state index < -0.39 is 11.2 Å². The maximum absolute atomic E-state index is 12.0. The van der Waals surface area contributed by atoms with Gasteiger partial charge in [0.2, 0.25) is 0 Å². The van der Waals surface area contributed by atoms with Gasteiger partial charge in [-0.3, -0.25) is 9.97 Å². The van der Waals surface area contributed by atoms with E-state index in [0.29, 0.717) is 11.8 Å². The van der Waals surface area contributed by atoms with E-state index in [4.69, 9.17) is 9.47 Å². The lowest BCUT2D eigenvalue weighted by atomic mass is 9.92. The van der Waals surface area contributed by atoms with E-state index in [9.17, 15) is 9.59 Å². The molecule has 8 heteroatoms. The lowest BCUT2D eigenvalue weighted by Crippen LogP contribution is -2.41. The van der Waals surface area contributed by atoms with E-state index >= 15 is 0 Å². The van der Waals surface area contributed by atoms with Crippen molar-refractivity contribution in [2.24, 2.45) is 11.8 Å². The molecule has 0 radical (unpaired) electrons. The number of carbonyl (C=O) groups is 2. The lowest BCUT2D eigenvalue weighted by molar-refractivity contribution is 0.0171. The summed E-state index contributed by atoms with van der Waals surface area (Å²) < 4.78 is 10.9. The average molecular weight is 633 g/mol. The van der Waals surface area contributed by atoms with Crippen LogP contribution in [0.3, 0.4) is 0 Å². The van der Waals surface area contributed by atoms with Crippen molar-refractivity contribution in [3.05, 3.63) is 72.3 Å². The summed E-state index contributed by atoms with van der Waals surface area (Å²) in [6, 6.07) is 8.04. The number of carbonyl (C=O) groups excluding carboxylic acids is 2. The zero-order valence-electron chi connectivity index (χ0n) is 29.0. The van der Waals surface area contributed by atoms with Crippen LogP contribution in [0.1, 0.15) is 104 Å². The van der Waals surface area contributed by atoms with Crippen molar-refractivity contribution < 1.29 is 19.1 Å². The molecule has 0 N–H and O–H groups in total. The van der Waals surface area contributed by atoms with Gasteiger partial charge >= 0.3 is 12.2 Å². The highest BCUT2D eigenvalue weighted by molar-refractivity contribution is 5.68. The topological polar surface area (TPSA) is 84.9 Å². The van der Waals surface area contributed by atoms with Crippen LogP contribution < -0.4 is 0 Å². The molecule has 46 heavy (non-hydrogen) atoms. The van der Waals surface area contributed by atoms with Gasteiger partial charge in [-0.1, -0.05) is 24.3 Å². The van der Waals surface area contributed by atoms with Crippen LogP contribution >= 0.6 is 0 Å². The monoisotopic (exact) mass is 632 g/mol. The van der Waals surface area contributed by atoms with E-state index in [2.05, 4.69) is 34.3 Å². The molecule has 2 fully saturated rings. The van der Waals surface area contributed by atoms with Gasteiger partial charge in [-0.05, 0) is 140 Å². The van der Waals surface area contributed by atoms with Crippen LogP contribution in [0.15, 0.2) is 61.2 Å². The molecule has 2 saturated heterocycles. The number of amides is 2. The molecular weight excluding hydrogens is 576 g/mol. The van der Waals surface area contributed by atoms with Gasteiger partial charge in [0.15, 0.2) is 0 Å². The van der Waals surface area contributed by atoms with E-state index in [0.717, 1.165) is 64.7 Å². The summed E-state index contributed by atoms with van der Waals surface area (Å²) in [5, 5.41) is 0. The molecule has 252 valence electrons. The van der Waals surface area contributed by atoms with E-state index in [1.54, 1.807) is 0 Å². The summed E-state index contributed by atoms with van der Waals surface area (Å²) in [4.78, 5) is 35.8. The first-order chi connectivity index (χ1) is 21.9. The highest BCUT2D eigenvalue weighted by atomic mass is 16.6. The lowest BCUT2D eigenvalue weighted by Gasteiger charge is -2.33. The average Bonchev–Trinajstić information content (AvgIpc) is 3.02. The fraction of sp³-hybridized carbons (Fsp3) is 0.579. The largest absolute Gasteiger partial charge is 0.444 e. The zero-order valence-corrected chi connectivity index (χ0v) is 29.0. The Labute approximate surface area is 277 Å². The minimum atomic E-state index is -0.411. The Hall–Kier alpha value is -3.68. The van der Waals surface area contributed by atoms with Gasteiger partial charge in [-0.2, -0.15) is 0 Å². The molecule has 0 aliphatic carbocycles. The van der Waals surface area contributed by atoms with Gasteiger partial charge in [0, 0.05) is 51.0 Å². The van der Waals surface area contributed by atoms with Crippen LogP contribution in [0.4, 0.5) is 9.59 Å². The van der Waals surface area contributed by atoms with Gasteiger partial charge in [0.05, 0.1) is 0 Å². The predicted octanol–water partition coefficient (Wildman–Crippen LogP) is 9.04. The fourth-order valence-electron chi connectivity index (χ4n) is 5.51. The number of likely N-dealkylation sites (tertiary alicyclic amines) is 2. The van der Waals surface area contributed by atoms with Gasteiger partial charge in [0.25, 0.3) is 0 Å². The number of piperidine rings is 2. The van der Waals surface area contributed by atoms with Gasteiger partial charge in [-0.15, -0.1) is 0 Å². The molecule has 2 aromatic heterocycles. The van der Waals surface area contributed by atoms with Crippen molar-refractivity contribution in [2.45, 2.75) is 104 Å². The molecule has 4 heterocycles. The molecule has 2 aromatic rings. The van der Waals surface area contributed by atoms with Gasteiger partial charge in [0.1, 0.15) is 11.2 Å². The second-order valence-corrected chi connectivity index (χ2v) is 14.3. The van der Waals surface area contributed by atoms with Crippen LogP contribution in [0.2, 0.25) is 0 Å². The van der Waals surface area contributed by atoms with Gasteiger partial charge in [-0.25, -0.2) is 9.59 Å². The third kappa shape index (κ3) is 15.1. The summed E-state index contributed by atoms with van der Waals surface area (Å²) in [5.74, 6) is 1.41. The van der Waals surface area contributed by atoms with Crippen molar-refractivity contribution in [1.29, 1.82) is 0 Å². The number of hydrogen-bond donors (Lipinski definition) is 0. The van der Waals surface area contributed by atoms with E-state index in [1.807, 2.05) is 100 Å². The maximum Gasteiger partial charge on any atom is 0.410 e. The van der Waals surface area contributed by atoms with Crippen LogP contribution in [0.25, 0.3) is 12.2 Å². The van der Waals surface area contributed by atoms with Gasteiger partial charge < -0.3 is 19.3 Å². The third-order valence-electron chi connectivity index (χ3n) is 8.05. The molecule has 8 nitrogen and oxygen atoms in total. The van der Waals surface area contributed by atoms with Crippen LogP contribution in [0, 0.1) is 11.8 Å². The highest BCUT2D eigenvalue weighted by Gasteiger charge is 2.27. The Morgan fingerprint density at radius 3 is 1.28 bits per heavy atom. The van der Waals surface area contributed by atoms with Crippen LogP contribution in [0.5, 0.6) is 0 Å². The summed E-state index contributed by atoms with van der Waals surface area (Å²) in [7, 11) is 0. The fourth-order valence-corrected chi connectivity index (χ4v) is 5.51. The second-order valence-electron chi connectivity index (χ2n) is 14.3. The molecule has 0 aromatic carbocycles. The smallest absolute Gasteiger partial charge is 0.410 e. The Morgan fingerprint density at radius 1 is 0.652 bits per heavy atom. The van der Waals surface area contributed by atoms with Crippen LogP contribution in [-0.4, -0.2) is 69.3 Å². The predicted molar refractivity (Wildman–Crippen MR) is 186 cm³/mol. The van der Waals surface area contributed by atoms with Crippen molar-refractivity contribution in [3.63, 3.8) is 0 Å². The summed E-state index contributed by atoms with van der Waals surface area (Å²) in [6.07, 6.45) is 24.5. The number of rotatable bonds is 8. The summed E-state index contributed by atoms with van der Waals surface area (Å²) in [5.41, 5.74) is 1.57. The first-order valence-electron chi connectivity index (χ1n) is 17.0. The molecule has 0 bridgehead atoms. The minimum Gasteiger partial charge on any atom is -0.444 e. The summed E-state index contributed by atoms with van der Waals surface area (Å²) in [6.45, 7) is 14.7. The molecule has 0 atom stereocenters. The second kappa shape index (κ2) is 18.5. The molecule has 2 aliphatic heterocycles. The molecule has 0 spiro atoms. The first-order valence-corrected chi connectivity index (χ1v) is 17.0. The summed E-state index contributed by atoms with van der Waals surface area (Å²) >= 11 is 0. The standard InChI is InChI=1S/2C19H28N2O2/c2*1-19(2,3)23-18(22)21-14-10-17(11-15-21)7-5-4-6-16-8-12-20-13-9-16/h2*4,6,8-9,12-13,17H,5,7,10-11,14-15H2,1-3H3/b6-4+;6-4-. The molecule has 2 aliphatic rings. The molecule has 0 unspecified atom stereocenters. The maximum atomic E-state index is 12.0. The zero-order chi connectivity index (χ0) is 33.4. The Kier molecular flexibility index (Phi) is 14.8. The number of hydrogen-bond acceptors (Lipinski definition) is 6. The third-order valence-corrected chi connectivity index (χ3v) is 8.05. The molecule has 0 saturated carbocycles.